The number of ether oxygens (including phenoxy) is 3. The van der Waals surface area contributed by atoms with Crippen molar-refractivity contribution in [1.29, 1.82) is 0 Å². The monoisotopic (exact) mass is 868 g/mol. The molecule has 5 aliphatic heterocycles. The normalized spacial score (nSPS) is 20.8. The molecule has 4 amide bonds. The second kappa shape index (κ2) is 19.9. The summed E-state index contributed by atoms with van der Waals surface area (Å²) in [5.74, 6) is 0.696. The molecule has 15 nitrogen and oxygen atoms in total. The van der Waals surface area contributed by atoms with E-state index in [1.165, 1.54) is 30.9 Å². The van der Waals surface area contributed by atoms with E-state index in [-0.39, 0.29) is 36.5 Å². The highest BCUT2D eigenvalue weighted by Crippen LogP contribution is 2.35. The molecule has 338 valence electrons. The fourth-order valence-electron chi connectivity index (χ4n) is 9.63. The van der Waals surface area contributed by atoms with E-state index in [4.69, 9.17) is 14.2 Å². The first-order valence-corrected chi connectivity index (χ1v) is 22.5. The van der Waals surface area contributed by atoms with Crippen molar-refractivity contribution < 1.29 is 37.8 Å². The molecular formula is C47H61FN8O7. The maximum Gasteiger partial charge on any atom is 0.261 e. The van der Waals surface area contributed by atoms with Crippen LogP contribution in [0.4, 0.5) is 21.5 Å². The number of carbonyl (C=O) groups is 4. The first-order valence-electron chi connectivity index (χ1n) is 22.5. The molecule has 0 aliphatic carbocycles. The van der Waals surface area contributed by atoms with Crippen molar-refractivity contribution in [2.24, 2.45) is 5.92 Å². The molecular weight excluding hydrogens is 808 g/mol. The Balaban J connectivity index is 0.727. The molecule has 4 saturated heterocycles. The molecule has 0 saturated carbocycles. The number of rotatable bonds is 16. The molecule has 0 radical (unpaired) electrons. The van der Waals surface area contributed by atoms with Crippen molar-refractivity contribution in [2.45, 2.75) is 64.1 Å². The van der Waals surface area contributed by atoms with Crippen LogP contribution in [0.5, 0.6) is 17.2 Å². The third-order valence-electron chi connectivity index (χ3n) is 13.3. The number of piperazine rings is 1. The van der Waals surface area contributed by atoms with E-state index in [1.54, 1.807) is 25.3 Å². The van der Waals surface area contributed by atoms with E-state index < -0.39 is 11.9 Å². The van der Waals surface area contributed by atoms with Crippen LogP contribution in [0, 0.1) is 11.7 Å². The van der Waals surface area contributed by atoms with Crippen LogP contribution in [0.1, 0.15) is 71.7 Å². The molecule has 63 heavy (non-hydrogen) atoms. The van der Waals surface area contributed by atoms with Crippen LogP contribution in [-0.2, 0) is 16.1 Å². The lowest BCUT2D eigenvalue weighted by Gasteiger charge is -2.39. The highest BCUT2D eigenvalue weighted by atomic mass is 19.1. The van der Waals surface area contributed by atoms with Gasteiger partial charge in [-0.25, -0.2) is 4.39 Å². The third-order valence-corrected chi connectivity index (χ3v) is 13.3. The summed E-state index contributed by atoms with van der Waals surface area (Å²) >= 11 is 0. The molecule has 8 rings (SSSR count). The van der Waals surface area contributed by atoms with E-state index in [2.05, 4.69) is 35.6 Å². The zero-order valence-electron chi connectivity index (χ0n) is 36.8. The summed E-state index contributed by atoms with van der Waals surface area (Å²) in [6.45, 7) is 13.1. The molecule has 1 atom stereocenters. The molecule has 1 unspecified atom stereocenters. The summed E-state index contributed by atoms with van der Waals surface area (Å²) in [5, 5.41) is 9.04. The number of hydrogen-bond donors (Lipinski definition) is 3. The predicted octanol–water partition coefficient (Wildman–Crippen LogP) is 4.67. The molecule has 3 N–H and O–H groups in total. The molecule has 5 aliphatic rings. The van der Waals surface area contributed by atoms with Gasteiger partial charge in [0.2, 0.25) is 11.8 Å². The molecule has 5 heterocycles. The number of amides is 4. The Morgan fingerprint density at radius 1 is 0.714 bits per heavy atom. The van der Waals surface area contributed by atoms with Crippen LogP contribution in [0.15, 0.2) is 48.5 Å². The first-order chi connectivity index (χ1) is 30.6. The Morgan fingerprint density at radius 3 is 2.11 bits per heavy atom. The average molecular weight is 869 g/mol. The van der Waals surface area contributed by atoms with Gasteiger partial charge in [0.25, 0.3) is 11.8 Å². The highest BCUT2D eigenvalue weighted by Gasteiger charge is 2.36. The lowest BCUT2D eigenvalue weighted by atomic mass is 9.94. The number of nitrogens with one attached hydrogen (secondary N) is 3. The summed E-state index contributed by atoms with van der Waals surface area (Å²) in [6.07, 6.45) is 5.03. The zero-order chi connectivity index (χ0) is 44.0. The maximum atomic E-state index is 15.4. The van der Waals surface area contributed by atoms with Crippen molar-refractivity contribution in [3.8, 4) is 17.2 Å². The van der Waals surface area contributed by atoms with Gasteiger partial charge in [0.05, 0.1) is 49.9 Å². The van der Waals surface area contributed by atoms with Crippen LogP contribution in [0.25, 0.3) is 0 Å². The van der Waals surface area contributed by atoms with Crippen LogP contribution < -0.4 is 35.1 Å². The quantitative estimate of drug-likeness (QED) is 0.172. The molecule has 0 bridgehead atoms. The topological polar surface area (TPSA) is 148 Å². The zero-order valence-corrected chi connectivity index (χ0v) is 36.8. The molecule has 16 heteroatoms. The number of fused-ring (bicyclic) bond motifs is 1. The van der Waals surface area contributed by atoms with Gasteiger partial charge < -0.3 is 39.5 Å². The average Bonchev–Trinajstić information content (AvgIpc) is 3.52. The minimum atomic E-state index is -0.625. The van der Waals surface area contributed by atoms with Gasteiger partial charge in [-0.05, 0) is 93.9 Å². The fourth-order valence-corrected chi connectivity index (χ4v) is 9.63. The summed E-state index contributed by atoms with van der Waals surface area (Å²) in [4.78, 5) is 61.6. The van der Waals surface area contributed by atoms with Crippen molar-refractivity contribution in [1.82, 2.24) is 24.9 Å². The van der Waals surface area contributed by atoms with Gasteiger partial charge in [-0.1, -0.05) is 6.07 Å². The number of anilines is 3. The van der Waals surface area contributed by atoms with Gasteiger partial charge in [-0.2, -0.15) is 0 Å². The number of likely N-dealkylation sites (tertiary alicyclic amines) is 2. The van der Waals surface area contributed by atoms with Crippen LogP contribution in [0.3, 0.4) is 0 Å². The SMILES string of the molecule is CCOc1cc(CN2C(=O)c3ccc(NC4CCN(CC5CCN(CCN6CCN(c7cc(OC)c(NC8CCC(=O)NC8=O)cc7F)CC6)CC5)CC4)cc3C2=O)ccc1OC. The van der Waals surface area contributed by atoms with Gasteiger partial charge in [-0.15, -0.1) is 0 Å². The smallest absolute Gasteiger partial charge is 0.261 e. The Morgan fingerprint density at radius 2 is 1.41 bits per heavy atom. The number of benzene rings is 3. The van der Waals surface area contributed by atoms with Crippen molar-refractivity contribution in [3.63, 3.8) is 0 Å². The van der Waals surface area contributed by atoms with Crippen LogP contribution in [-0.4, -0.2) is 148 Å². The standard InChI is InChI=1S/C47H61FN8O7/c1-4-63-43-25-32(5-9-41(43)61-2)30-56-46(59)35-7-6-34(26-36(35)47(56)60)49-33-13-17-54(18-14-33)29-31-11-15-52(16-12-31)19-20-53-21-23-55(24-22-53)40-28-42(62-3)39(27-37(40)48)50-38-8-10-44(57)51-45(38)58/h5-7,9,25-28,31,33,38,49-50H,4,8,10-24,29-30H2,1-3H3,(H,51,57,58). The van der Waals surface area contributed by atoms with Crippen molar-refractivity contribution in [2.75, 3.05) is 108 Å². The Bertz CT molecular complexity index is 2150. The maximum absolute atomic E-state index is 15.4. The molecule has 3 aromatic carbocycles. The van der Waals surface area contributed by atoms with E-state index in [9.17, 15) is 19.2 Å². The Hall–Kier alpha value is -5.45. The van der Waals surface area contributed by atoms with Gasteiger partial charge in [0.15, 0.2) is 11.5 Å². The Kier molecular flexibility index (Phi) is 14.0. The van der Waals surface area contributed by atoms with Crippen LogP contribution >= 0.6 is 0 Å². The minimum absolute atomic E-state index is 0.158. The van der Waals surface area contributed by atoms with E-state index >= 15 is 4.39 Å². The lowest BCUT2D eigenvalue weighted by Crippen LogP contribution is -2.49. The highest BCUT2D eigenvalue weighted by molar-refractivity contribution is 6.21. The largest absolute Gasteiger partial charge is 0.495 e. The molecule has 0 aromatic heterocycles. The number of carbonyl (C=O) groups excluding carboxylic acids is 4. The van der Waals surface area contributed by atoms with Gasteiger partial charge >= 0.3 is 0 Å². The van der Waals surface area contributed by atoms with E-state index in [0.717, 1.165) is 83.0 Å². The number of methoxy groups -OCH3 is 2. The third kappa shape index (κ3) is 10.3. The number of nitrogens with zero attached hydrogens (tertiary/aromatic N) is 5. The van der Waals surface area contributed by atoms with Crippen LogP contribution in [0.2, 0.25) is 0 Å². The van der Waals surface area contributed by atoms with Crippen molar-refractivity contribution >= 4 is 40.7 Å². The first kappa shape index (κ1) is 44.2. The molecule has 0 spiro atoms. The minimum Gasteiger partial charge on any atom is -0.495 e. The second-order valence-corrected chi connectivity index (χ2v) is 17.4. The van der Waals surface area contributed by atoms with E-state index in [1.807, 2.05) is 31.2 Å². The number of halogens is 1. The summed E-state index contributed by atoms with van der Waals surface area (Å²) < 4.78 is 32.1. The summed E-state index contributed by atoms with van der Waals surface area (Å²) in [7, 11) is 3.11. The van der Waals surface area contributed by atoms with E-state index in [0.29, 0.717) is 77.8 Å². The molecule has 4 fully saturated rings. The Labute approximate surface area is 369 Å². The number of piperidine rings is 3. The lowest BCUT2D eigenvalue weighted by molar-refractivity contribution is -0.133. The molecule has 3 aromatic rings. The van der Waals surface area contributed by atoms with Gasteiger partial charge in [0.1, 0.15) is 17.6 Å². The second-order valence-electron chi connectivity index (χ2n) is 17.4. The number of imide groups is 2. The summed E-state index contributed by atoms with van der Waals surface area (Å²) in [5.41, 5.74) is 3.43. The number of hydrogen-bond acceptors (Lipinski definition) is 13. The fraction of sp³-hybridized carbons (Fsp3) is 0.532. The van der Waals surface area contributed by atoms with Crippen molar-refractivity contribution in [3.05, 3.63) is 71.0 Å². The van der Waals surface area contributed by atoms with Gasteiger partial charge in [0, 0.05) is 89.2 Å². The summed E-state index contributed by atoms with van der Waals surface area (Å²) in [6, 6.07) is 13.8. The van der Waals surface area contributed by atoms with Gasteiger partial charge in [-0.3, -0.25) is 34.3 Å². The predicted molar refractivity (Wildman–Crippen MR) is 238 cm³/mol.